The fraction of sp³-hybridized carbons (Fsp3) is 0.417. The van der Waals surface area contributed by atoms with Crippen LogP contribution in [0.1, 0.15) is 13.8 Å². The second-order valence-electron chi connectivity index (χ2n) is 4.71. The topological polar surface area (TPSA) is 57.9 Å². The zero-order valence-corrected chi connectivity index (χ0v) is 10.6. The van der Waals surface area contributed by atoms with Gasteiger partial charge in [0.1, 0.15) is 6.54 Å². The molecule has 0 aliphatic heterocycles. The highest BCUT2D eigenvalue weighted by atomic mass is 19.4. The van der Waals surface area contributed by atoms with Crippen molar-refractivity contribution in [3.05, 3.63) is 18.3 Å². The van der Waals surface area contributed by atoms with E-state index in [1.54, 1.807) is 32.2 Å². The van der Waals surface area contributed by atoms with Crippen molar-refractivity contribution in [1.82, 2.24) is 10.2 Å². The van der Waals surface area contributed by atoms with E-state index in [4.69, 9.17) is 5.73 Å². The predicted molar refractivity (Wildman–Crippen MR) is 69.0 cm³/mol. The summed E-state index contributed by atoms with van der Waals surface area (Å²) in [4.78, 5) is 1.23. The maximum atomic E-state index is 12.6. The van der Waals surface area contributed by atoms with Gasteiger partial charge >= 0.3 is 6.18 Å². The van der Waals surface area contributed by atoms with E-state index in [9.17, 15) is 13.2 Å². The summed E-state index contributed by atoms with van der Waals surface area (Å²) in [6, 6.07) is 2.91. The summed E-state index contributed by atoms with van der Waals surface area (Å²) in [7, 11) is 0. The molecule has 0 unspecified atom stereocenters. The summed E-state index contributed by atoms with van der Waals surface area (Å²) in [6.45, 7) is 2.36. The molecule has 0 radical (unpaired) electrons. The Morgan fingerprint density at radius 3 is 2.63 bits per heavy atom. The van der Waals surface area contributed by atoms with Crippen molar-refractivity contribution in [2.75, 3.05) is 17.2 Å². The standard InChI is InChI=1S/C12H15F3N4/c1-7(2)19(6-12(13,14)15)11-4-10-8(3-9(11)16)5-17-18-10/h3-5,7H,6,16H2,1-2H3,(H,17,18). The van der Waals surface area contributed by atoms with Crippen LogP contribution in [-0.2, 0) is 0 Å². The van der Waals surface area contributed by atoms with E-state index in [2.05, 4.69) is 10.2 Å². The van der Waals surface area contributed by atoms with Crippen molar-refractivity contribution >= 4 is 22.3 Å². The first-order valence-corrected chi connectivity index (χ1v) is 5.84. The van der Waals surface area contributed by atoms with Gasteiger partial charge in [0.05, 0.1) is 23.1 Å². The Bertz CT molecular complexity index is 574. The van der Waals surface area contributed by atoms with Gasteiger partial charge < -0.3 is 10.6 Å². The molecule has 2 rings (SSSR count). The second kappa shape index (κ2) is 4.64. The maximum Gasteiger partial charge on any atom is 0.405 e. The molecule has 2 aromatic rings. The molecular weight excluding hydrogens is 257 g/mol. The number of hydrogen-bond acceptors (Lipinski definition) is 3. The molecule has 0 aliphatic carbocycles. The minimum Gasteiger partial charge on any atom is -0.397 e. The molecule has 19 heavy (non-hydrogen) atoms. The Morgan fingerprint density at radius 2 is 2.05 bits per heavy atom. The van der Waals surface area contributed by atoms with Gasteiger partial charge in [-0.05, 0) is 26.0 Å². The SMILES string of the molecule is CC(C)N(CC(F)(F)F)c1cc2[nH]ncc2cc1N. The number of halogens is 3. The molecule has 0 atom stereocenters. The number of benzene rings is 1. The van der Waals surface area contributed by atoms with E-state index in [-0.39, 0.29) is 6.04 Å². The summed E-state index contributed by atoms with van der Waals surface area (Å²) >= 11 is 0. The van der Waals surface area contributed by atoms with Crippen molar-refractivity contribution in [1.29, 1.82) is 0 Å². The molecule has 1 heterocycles. The van der Waals surface area contributed by atoms with Crippen LogP contribution in [0.2, 0.25) is 0 Å². The number of alkyl halides is 3. The van der Waals surface area contributed by atoms with Crippen LogP contribution in [0, 0.1) is 0 Å². The number of nitrogen functional groups attached to an aromatic ring is 1. The molecule has 7 heteroatoms. The molecule has 0 bridgehead atoms. The van der Waals surface area contributed by atoms with E-state index in [0.29, 0.717) is 16.9 Å². The van der Waals surface area contributed by atoms with Gasteiger partial charge in [0.2, 0.25) is 0 Å². The fourth-order valence-electron chi connectivity index (χ4n) is 1.99. The summed E-state index contributed by atoms with van der Waals surface area (Å²) in [5.41, 5.74) is 7.19. The van der Waals surface area contributed by atoms with Crippen LogP contribution in [-0.4, -0.2) is 29.0 Å². The number of hydrogen-bond donors (Lipinski definition) is 2. The molecule has 104 valence electrons. The van der Waals surface area contributed by atoms with E-state index in [1.165, 1.54) is 4.90 Å². The van der Waals surface area contributed by atoms with Crippen molar-refractivity contribution < 1.29 is 13.2 Å². The molecule has 0 saturated carbocycles. The van der Waals surface area contributed by atoms with Crippen LogP contribution in [0.25, 0.3) is 10.9 Å². The molecule has 0 amide bonds. The van der Waals surface area contributed by atoms with Gasteiger partial charge in [0.25, 0.3) is 0 Å². The number of rotatable bonds is 3. The van der Waals surface area contributed by atoms with Gasteiger partial charge in [0.15, 0.2) is 0 Å². The monoisotopic (exact) mass is 272 g/mol. The Labute approximate surface area is 108 Å². The number of nitrogens with one attached hydrogen (secondary N) is 1. The minimum absolute atomic E-state index is 0.312. The molecule has 0 saturated heterocycles. The Balaban J connectivity index is 2.46. The number of anilines is 2. The normalized spacial score (nSPS) is 12.3. The first-order valence-electron chi connectivity index (χ1n) is 5.84. The molecular formula is C12H15F3N4. The summed E-state index contributed by atoms with van der Waals surface area (Å²) in [5, 5.41) is 7.35. The minimum atomic E-state index is -4.28. The van der Waals surface area contributed by atoms with Gasteiger partial charge in [0, 0.05) is 11.4 Å². The molecule has 3 N–H and O–H groups in total. The lowest BCUT2D eigenvalue weighted by Crippen LogP contribution is -2.39. The van der Waals surface area contributed by atoms with Crippen molar-refractivity contribution in [2.24, 2.45) is 0 Å². The first-order chi connectivity index (χ1) is 8.78. The highest BCUT2D eigenvalue weighted by molar-refractivity contribution is 5.89. The highest BCUT2D eigenvalue weighted by Crippen LogP contribution is 2.31. The number of nitrogens with zero attached hydrogens (tertiary/aromatic N) is 2. The fourth-order valence-corrected chi connectivity index (χ4v) is 1.99. The van der Waals surface area contributed by atoms with Crippen LogP contribution in [0.15, 0.2) is 18.3 Å². The van der Waals surface area contributed by atoms with E-state index < -0.39 is 12.7 Å². The number of aromatic nitrogens is 2. The average molecular weight is 272 g/mol. The van der Waals surface area contributed by atoms with Crippen LogP contribution in [0.4, 0.5) is 24.5 Å². The Morgan fingerprint density at radius 1 is 1.37 bits per heavy atom. The molecule has 1 aromatic heterocycles. The molecule has 4 nitrogen and oxygen atoms in total. The molecule has 0 fully saturated rings. The zero-order chi connectivity index (χ0) is 14.2. The second-order valence-corrected chi connectivity index (χ2v) is 4.71. The lowest BCUT2D eigenvalue weighted by atomic mass is 10.1. The average Bonchev–Trinajstić information content (AvgIpc) is 2.70. The van der Waals surface area contributed by atoms with E-state index in [1.807, 2.05) is 0 Å². The quantitative estimate of drug-likeness (QED) is 0.845. The van der Waals surface area contributed by atoms with Crippen LogP contribution < -0.4 is 10.6 Å². The number of H-pyrrole nitrogens is 1. The number of nitrogens with two attached hydrogens (primary N) is 1. The van der Waals surface area contributed by atoms with Gasteiger partial charge in [-0.3, -0.25) is 5.10 Å². The molecule has 0 aliphatic rings. The van der Waals surface area contributed by atoms with Crippen molar-refractivity contribution in [2.45, 2.75) is 26.1 Å². The van der Waals surface area contributed by atoms with Crippen molar-refractivity contribution in [3.8, 4) is 0 Å². The Hall–Kier alpha value is -1.92. The third-order valence-corrected chi connectivity index (χ3v) is 2.87. The largest absolute Gasteiger partial charge is 0.405 e. The Kier molecular flexibility index (Phi) is 3.30. The predicted octanol–water partition coefficient (Wildman–Crippen LogP) is 2.92. The smallest absolute Gasteiger partial charge is 0.397 e. The lowest BCUT2D eigenvalue weighted by molar-refractivity contribution is -0.120. The summed E-state index contributed by atoms with van der Waals surface area (Å²) in [6.07, 6.45) is -2.70. The van der Waals surface area contributed by atoms with Gasteiger partial charge in [-0.1, -0.05) is 0 Å². The van der Waals surface area contributed by atoms with Crippen molar-refractivity contribution in [3.63, 3.8) is 0 Å². The van der Waals surface area contributed by atoms with Crippen LogP contribution in [0.5, 0.6) is 0 Å². The molecule has 0 spiro atoms. The van der Waals surface area contributed by atoms with Crippen LogP contribution in [0.3, 0.4) is 0 Å². The zero-order valence-electron chi connectivity index (χ0n) is 10.6. The third kappa shape index (κ3) is 2.91. The first kappa shape index (κ1) is 13.5. The van der Waals surface area contributed by atoms with E-state index >= 15 is 0 Å². The summed E-state index contributed by atoms with van der Waals surface area (Å²) in [5.74, 6) is 0. The van der Waals surface area contributed by atoms with Crippen LogP contribution >= 0.6 is 0 Å². The number of fused-ring (bicyclic) bond motifs is 1. The maximum absolute atomic E-state index is 12.6. The van der Waals surface area contributed by atoms with E-state index in [0.717, 1.165) is 5.39 Å². The van der Waals surface area contributed by atoms with Gasteiger partial charge in [-0.2, -0.15) is 18.3 Å². The summed E-state index contributed by atoms with van der Waals surface area (Å²) < 4.78 is 37.9. The molecule has 1 aromatic carbocycles. The number of aromatic amines is 1. The lowest BCUT2D eigenvalue weighted by Gasteiger charge is -2.30. The van der Waals surface area contributed by atoms with Gasteiger partial charge in [-0.25, -0.2) is 0 Å². The highest BCUT2D eigenvalue weighted by Gasteiger charge is 2.32. The third-order valence-electron chi connectivity index (χ3n) is 2.87. The van der Waals surface area contributed by atoms with Gasteiger partial charge in [-0.15, -0.1) is 0 Å².